The van der Waals surface area contributed by atoms with Crippen LogP contribution in [0.15, 0.2) is 0 Å². The molecule has 0 bridgehead atoms. The Morgan fingerprint density at radius 3 is 1.44 bits per heavy atom. The third kappa shape index (κ3) is 7.43. The second-order valence-electron chi connectivity index (χ2n) is 2.54. The molecule has 0 aliphatic heterocycles. The number of rotatable bonds is 0. The van der Waals surface area contributed by atoms with Gasteiger partial charge < -0.3 is 15.0 Å². The van der Waals surface area contributed by atoms with E-state index in [1.54, 1.807) is 20.8 Å². The van der Waals surface area contributed by atoms with Crippen LogP contribution in [0.3, 0.4) is 0 Å². The molecule has 0 saturated heterocycles. The van der Waals surface area contributed by atoms with Crippen LogP contribution in [0.4, 0.5) is 0 Å². The van der Waals surface area contributed by atoms with E-state index in [-0.39, 0.29) is 0 Å². The van der Waals surface area contributed by atoms with Crippen molar-refractivity contribution in [3.63, 3.8) is 0 Å². The van der Waals surface area contributed by atoms with E-state index in [9.17, 15) is 9.90 Å². The number of carbonyl (C=O) groups excluding carboxylic acids is 1. The smallest absolute Gasteiger partial charge is 0.0467 e. The molecule has 0 saturated carbocycles. The van der Waals surface area contributed by atoms with Gasteiger partial charge in [0.05, 0.1) is 0 Å². The van der Waals surface area contributed by atoms with Gasteiger partial charge in [0.25, 0.3) is 0 Å². The predicted octanol–water partition coefficient (Wildman–Crippen LogP) is -0.609. The number of carboxylic acid groups (broad SMARTS) is 1. The fourth-order valence-electron chi connectivity index (χ4n) is 0. The Hall–Kier alpha value is -0.570. The summed E-state index contributed by atoms with van der Waals surface area (Å²) in [6.07, 6.45) is 0. The molecule has 0 unspecified atom stereocenters. The van der Waals surface area contributed by atoms with Gasteiger partial charge in [-0.1, -0.05) is 20.8 Å². The first-order valence-corrected chi connectivity index (χ1v) is 2.61. The average molecular weight is 133 g/mol. The van der Waals surface area contributed by atoms with E-state index in [4.69, 9.17) is 5.11 Å². The Morgan fingerprint density at radius 2 is 1.44 bits per heavy atom. The highest BCUT2D eigenvalue weighted by atomic mass is 16.4. The highest BCUT2D eigenvalue weighted by Crippen LogP contribution is 2.09. The van der Waals surface area contributed by atoms with Crippen LogP contribution in [0.2, 0.25) is 0 Å². The zero-order chi connectivity index (χ0) is 8.08. The van der Waals surface area contributed by atoms with Crippen LogP contribution >= 0.6 is 0 Å². The first-order chi connectivity index (χ1) is 3.94. The molecule has 0 rings (SSSR count). The third-order valence-corrected chi connectivity index (χ3v) is 0.612. The molecule has 0 aliphatic rings. The molecule has 3 heteroatoms. The normalized spacial score (nSPS) is 9.44. The van der Waals surface area contributed by atoms with Crippen molar-refractivity contribution in [2.24, 2.45) is 5.41 Å². The Balaban J connectivity index is 0. The van der Waals surface area contributed by atoms with Gasteiger partial charge in [0.1, 0.15) is 0 Å². The second-order valence-corrected chi connectivity index (χ2v) is 2.54. The predicted molar refractivity (Wildman–Crippen MR) is 32.6 cm³/mol. The van der Waals surface area contributed by atoms with Gasteiger partial charge in [-0.05, 0) is 0 Å². The van der Waals surface area contributed by atoms with Crippen molar-refractivity contribution in [1.82, 2.24) is 0 Å². The first-order valence-electron chi connectivity index (χ1n) is 2.61. The summed E-state index contributed by atoms with van der Waals surface area (Å²) in [4.78, 5) is 9.91. The number of carboxylic acids is 1. The van der Waals surface area contributed by atoms with Gasteiger partial charge in [0.15, 0.2) is 0 Å². The number of aliphatic carboxylic acids is 1. The number of aliphatic hydroxyl groups is 1. The summed E-state index contributed by atoms with van der Waals surface area (Å²) in [5.74, 6) is -1.01. The summed E-state index contributed by atoms with van der Waals surface area (Å²) in [6, 6.07) is 0. The average Bonchev–Trinajstić information content (AvgIpc) is 1.69. The Kier molecular flexibility index (Phi) is 5.41. The standard InChI is InChI=1S/C5H10O2.CH4O/c1-5(2,3)4(6)7;1-2/h1-3H3,(H,6,7);2H,1H3/p-1. The lowest BCUT2D eigenvalue weighted by atomic mass is 9.98. The maximum absolute atomic E-state index is 9.91. The van der Waals surface area contributed by atoms with Crippen LogP contribution in [0.1, 0.15) is 20.8 Å². The van der Waals surface area contributed by atoms with Gasteiger partial charge in [0.2, 0.25) is 0 Å². The van der Waals surface area contributed by atoms with E-state index < -0.39 is 11.4 Å². The molecule has 0 fully saturated rings. The molecule has 0 amide bonds. The van der Waals surface area contributed by atoms with Crippen molar-refractivity contribution in [3.8, 4) is 0 Å². The summed E-state index contributed by atoms with van der Waals surface area (Å²) in [7, 11) is 1.00. The topological polar surface area (TPSA) is 60.4 Å². The molecule has 9 heavy (non-hydrogen) atoms. The molecule has 0 aromatic rings. The molecule has 56 valence electrons. The minimum Gasteiger partial charge on any atom is -0.550 e. The number of carbonyl (C=O) groups is 1. The summed E-state index contributed by atoms with van der Waals surface area (Å²) in [5, 5.41) is 16.9. The van der Waals surface area contributed by atoms with Crippen molar-refractivity contribution in [1.29, 1.82) is 0 Å². The highest BCUT2D eigenvalue weighted by molar-refractivity contribution is 5.70. The Bertz CT molecular complexity index is 80.8. The van der Waals surface area contributed by atoms with Crippen LogP contribution in [-0.2, 0) is 4.79 Å². The van der Waals surface area contributed by atoms with Crippen molar-refractivity contribution in [2.75, 3.05) is 7.11 Å². The molecule has 0 spiro atoms. The number of hydrogen-bond donors (Lipinski definition) is 1. The minimum absolute atomic E-state index is 0.694. The number of aliphatic hydroxyl groups excluding tert-OH is 1. The van der Waals surface area contributed by atoms with Crippen LogP contribution < -0.4 is 5.11 Å². The zero-order valence-electron chi connectivity index (χ0n) is 6.26. The molecule has 0 aromatic heterocycles. The van der Waals surface area contributed by atoms with Gasteiger partial charge in [0, 0.05) is 18.5 Å². The summed E-state index contributed by atoms with van der Waals surface area (Å²) < 4.78 is 0. The van der Waals surface area contributed by atoms with E-state index in [0.717, 1.165) is 7.11 Å². The maximum Gasteiger partial charge on any atom is 0.0467 e. The van der Waals surface area contributed by atoms with Crippen LogP contribution in [0.25, 0.3) is 0 Å². The Morgan fingerprint density at radius 1 is 1.33 bits per heavy atom. The van der Waals surface area contributed by atoms with Gasteiger partial charge in [-0.25, -0.2) is 0 Å². The fraction of sp³-hybridized carbons (Fsp3) is 0.833. The van der Waals surface area contributed by atoms with E-state index in [1.165, 1.54) is 0 Å². The first kappa shape index (κ1) is 11.3. The fourth-order valence-corrected chi connectivity index (χ4v) is 0. The maximum atomic E-state index is 9.91. The van der Waals surface area contributed by atoms with Gasteiger partial charge >= 0.3 is 0 Å². The van der Waals surface area contributed by atoms with Gasteiger partial charge in [-0.3, -0.25) is 0 Å². The van der Waals surface area contributed by atoms with Gasteiger partial charge in [-0.2, -0.15) is 0 Å². The van der Waals surface area contributed by atoms with Crippen molar-refractivity contribution >= 4 is 5.97 Å². The summed E-state index contributed by atoms with van der Waals surface area (Å²) in [5.41, 5.74) is -0.694. The Labute approximate surface area is 55.3 Å². The van der Waals surface area contributed by atoms with Crippen LogP contribution in [0.5, 0.6) is 0 Å². The summed E-state index contributed by atoms with van der Waals surface area (Å²) >= 11 is 0. The van der Waals surface area contributed by atoms with Crippen LogP contribution in [0, 0.1) is 5.41 Å². The molecule has 0 aliphatic carbocycles. The molecular weight excluding hydrogens is 120 g/mol. The van der Waals surface area contributed by atoms with E-state index >= 15 is 0 Å². The monoisotopic (exact) mass is 133 g/mol. The third-order valence-electron chi connectivity index (χ3n) is 0.612. The van der Waals surface area contributed by atoms with Crippen molar-refractivity contribution < 1.29 is 15.0 Å². The minimum atomic E-state index is -1.01. The molecule has 3 nitrogen and oxygen atoms in total. The molecule has 0 aromatic carbocycles. The van der Waals surface area contributed by atoms with Crippen LogP contribution in [-0.4, -0.2) is 18.2 Å². The highest BCUT2D eigenvalue weighted by Gasteiger charge is 2.09. The van der Waals surface area contributed by atoms with Crippen molar-refractivity contribution in [2.45, 2.75) is 20.8 Å². The van der Waals surface area contributed by atoms with Gasteiger partial charge in [-0.15, -0.1) is 0 Å². The molecule has 0 heterocycles. The zero-order valence-corrected chi connectivity index (χ0v) is 6.26. The molecule has 0 radical (unpaired) electrons. The van der Waals surface area contributed by atoms with E-state index in [2.05, 4.69) is 0 Å². The van der Waals surface area contributed by atoms with E-state index in [0.29, 0.717) is 0 Å². The second kappa shape index (κ2) is 4.32. The largest absolute Gasteiger partial charge is 0.550 e. The van der Waals surface area contributed by atoms with Crippen molar-refractivity contribution in [3.05, 3.63) is 0 Å². The molecular formula is C6H13O3-. The lowest BCUT2D eigenvalue weighted by molar-refractivity contribution is -0.316. The lowest BCUT2D eigenvalue weighted by Gasteiger charge is -2.18. The quantitative estimate of drug-likeness (QED) is 0.479. The molecule has 0 atom stereocenters. The SMILES string of the molecule is CC(C)(C)C(=O)[O-].CO. The molecule has 1 N–H and O–H groups in total. The van der Waals surface area contributed by atoms with E-state index in [1.807, 2.05) is 0 Å². The lowest BCUT2D eigenvalue weighted by Crippen LogP contribution is -2.35. The summed E-state index contributed by atoms with van der Waals surface area (Å²) in [6.45, 7) is 4.80. The number of hydrogen-bond acceptors (Lipinski definition) is 3.